The van der Waals surface area contributed by atoms with Gasteiger partial charge in [-0.1, -0.05) is 11.6 Å². The first-order chi connectivity index (χ1) is 8.97. The molecule has 0 aliphatic rings. The number of hydrogen-bond acceptors (Lipinski definition) is 2. The second kappa shape index (κ2) is 5.33. The summed E-state index contributed by atoms with van der Waals surface area (Å²) in [5, 5.41) is 12.9. The molecule has 0 spiro atoms. The number of carbonyl (C=O) groups excluding carboxylic acids is 1. The van der Waals surface area contributed by atoms with Gasteiger partial charge in [-0.3, -0.25) is 4.79 Å². The molecule has 2 N–H and O–H groups in total. The number of carbonyl (C=O) groups is 1. The molecule has 0 saturated carbocycles. The number of amides is 1. The number of anilines is 1. The van der Waals surface area contributed by atoms with Gasteiger partial charge in [0.05, 0.1) is 0 Å². The zero-order valence-electron chi connectivity index (χ0n) is 10.7. The molecule has 0 bridgehead atoms. The Bertz CT molecular complexity index is 638. The summed E-state index contributed by atoms with van der Waals surface area (Å²) >= 11 is 5.92. The summed E-state index contributed by atoms with van der Waals surface area (Å²) in [6.07, 6.45) is 0. The van der Waals surface area contributed by atoms with Crippen molar-refractivity contribution in [3.63, 3.8) is 0 Å². The van der Waals surface area contributed by atoms with Crippen molar-refractivity contribution in [2.75, 3.05) is 5.32 Å². The number of phenolic OH excluding ortho intramolecular Hbond substituents is 1. The summed E-state index contributed by atoms with van der Waals surface area (Å²) in [6.45, 7) is 3.63. The molecule has 0 aliphatic carbocycles. The predicted molar refractivity (Wildman–Crippen MR) is 77.0 cm³/mol. The first kappa shape index (κ1) is 13.4. The van der Waals surface area contributed by atoms with Crippen LogP contribution in [0.25, 0.3) is 0 Å². The van der Waals surface area contributed by atoms with Crippen LogP contribution in [0.5, 0.6) is 5.75 Å². The minimum Gasteiger partial charge on any atom is -0.508 e. The maximum absolute atomic E-state index is 12.1. The van der Waals surface area contributed by atoms with Gasteiger partial charge in [0, 0.05) is 16.3 Å². The fourth-order valence-electron chi connectivity index (χ4n) is 1.72. The van der Waals surface area contributed by atoms with Gasteiger partial charge in [0.2, 0.25) is 0 Å². The zero-order valence-corrected chi connectivity index (χ0v) is 11.5. The number of benzene rings is 2. The van der Waals surface area contributed by atoms with Crippen molar-refractivity contribution in [2.24, 2.45) is 0 Å². The average Bonchev–Trinajstić information content (AvgIpc) is 2.37. The molecule has 0 heterocycles. The van der Waals surface area contributed by atoms with Crippen molar-refractivity contribution in [3.8, 4) is 5.75 Å². The summed E-state index contributed by atoms with van der Waals surface area (Å²) < 4.78 is 0. The van der Waals surface area contributed by atoms with Crippen molar-refractivity contribution in [3.05, 3.63) is 58.1 Å². The van der Waals surface area contributed by atoms with E-state index >= 15 is 0 Å². The van der Waals surface area contributed by atoms with Crippen molar-refractivity contribution < 1.29 is 9.90 Å². The van der Waals surface area contributed by atoms with Gasteiger partial charge in [-0.15, -0.1) is 0 Å². The van der Waals surface area contributed by atoms with Crippen LogP contribution >= 0.6 is 11.6 Å². The van der Waals surface area contributed by atoms with Gasteiger partial charge < -0.3 is 10.4 Å². The van der Waals surface area contributed by atoms with E-state index in [1.165, 1.54) is 0 Å². The summed E-state index contributed by atoms with van der Waals surface area (Å²) in [7, 11) is 0. The number of aryl methyl sites for hydroxylation is 2. The van der Waals surface area contributed by atoms with E-state index in [2.05, 4.69) is 5.32 Å². The van der Waals surface area contributed by atoms with Crippen LogP contribution in [-0.4, -0.2) is 11.0 Å². The van der Waals surface area contributed by atoms with Crippen LogP contribution in [0.4, 0.5) is 5.69 Å². The minimum atomic E-state index is -0.204. The Labute approximate surface area is 116 Å². The van der Waals surface area contributed by atoms with Gasteiger partial charge >= 0.3 is 0 Å². The molecule has 0 saturated heterocycles. The van der Waals surface area contributed by atoms with E-state index in [9.17, 15) is 9.90 Å². The Morgan fingerprint density at radius 1 is 1.11 bits per heavy atom. The molecule has 2 rings (SSSR count). The van der Waals surface area contributed by atoms with Gasteiger partial charge in [0.15, 0.2) is 0 Å². The number of aromatic hydroxyl groups is 1. The average molecular weight is 276 g/mol. The molecule has 0 atom stereocenters. The van der Waals surface area contributed by atoms with Crippen LogP contribution < -0.4 is 5.32 Å². The third-order valence-electron chi connectivity index (χ3n) is 2.87. The van der Waals surface area contributed by atoms with Crippen molar-refractivity contribution in [1.29, 1.82) is 0 Å². The zero-order chi connectivity index (χ0) is 14.0. The third-order valence-corrected chi connectivity index (χ3v) is 3.30. The Kier molecular flexibility index (Phi) is 3.76. The molecular weight excluding hydrogens is 262 g/mol. The molecular formula is C15H14ClNO2. The van der Waals surface area contributed by atoms with E-state index in [0.717, 1.165) is 5.56 Å². The van der Waals surface area contributed by atoms with Crippen molar-refractivity contribution in [2.45, 2.75) is 13.8 Å². The van der Waals surface area contributed by atoms with Crippen LogP contribution in [0.3, 0.4) is 0 Å². The van der Waals surface area contributed by atoms with Gasteiger partial charge in [-0.05, 0) is 61.4 Å². The molecule has 1 amide bonds. The molecule has 0 aromatic heterocycles. The number of halogens is 1. The first-order valence-corrected chi connectivity index (χ1v) is 6.22. The van der Waals surface area contributed by atoms with Crippen molar-refractivity contribution in [1.82, 2.24) is 0 Å². The largest absolute Gasteiger partial charge is 0.508 e. The highest BCUT2D eigenvalue weighted by Crippen LogP contribution is 2.21. The molecule has 2 aromatic rings. The number of hydrogen-bond donors (Lipinski definition) is 2. The summed E-state index contributed by atoms with van der Waals surface area (Å²) in [5.74, 6) is 0.00481. The standard InChI is InChI=1S/C15H14ClNO2/c1-9-7-11(3-5-13(9)16)15(19)17-12-4-6-14(18)10(2)8-12/h3-8,18H,1-2H3,(H,17,19). The topological polar surface area (TPSA) is 49.3 Å². The van der Waals surface area contributed by atoms with E-state index in [0.29, 0.717) is 21.8 Å². The lowest BCUT2D eigenvalue weighted by Gasteiger charge is -2.08. The van der Waals surface area contributed by atoms with Crippen molar-refractivity contribution >= 4 is 23.2 Å². The molecule has 98 valence electrons. The Morgan fingerprint density at radius 3 is 2.47 bits per heavy atom. The normalized spacial score (nSPS) is 10.3. The maximum Gasteiger partial charge on any atom is 0.255 e. The smallest absolute Gasteiger partial charge is 0.255 e. The number of phenols is 1. The fraction of sp³-hybridized carbons (Fsp3) is 0.133. The van der Waals surface area contributed by atoms with E-state index in [1.807, 2.05) is 6.92 Å². The van der Waals surface area contributed by atoms with E-state index in [-0.39, 0.29) is 11.7 Å². The first-order valence-electron chi connectivity index (χ1n) is 5.84. The Hall–Kier alpha value is -2.00. The molecule has 4 heteroatoms. The monoisotopic (exact) mass is 275 g/mol. The predicted octanol–water partition coefficient (Wildman–Crippen LogP) is 3.91. The Morgan fingerprint density at radius 2 is 1.84 bits per heavy atom. The Balaban J connectivity index is 2.20. The third kappa shape index (κ3) is 3.06. The molecule has 2 aromatic carbocycles. The quantitative estimate of drug-likeness (QED) is 0.816. The molecule has 0 unspecified atom stereocenters. The van der Waals surface area contributed by atoms with Gasteiger partial charge in [0.1, 0.15) is 5.75 Å². The second-order valence-electron chi connectivity index (χ2n) is 4.42. The van der Waals surface area contributed by atoms with Gasteiger partial charge in [0.25, 0.3) is 5.91 Å². The van der Waals surface area contributed by atoms with Crippen LogP contribution in [0.15, 0.2) is 36.4 Å². The van der Waals surface area contributed by atoms with Crippen LogP contribution in [0.2, 0.25) is 5.02 Å². The van der Waals surface area contributed by atoms with E-state index in [1.54, 1.807) is 43.3 Å². The minimum absolute atomic E-state index is 0.204. The highest BCUT2D eigenvalue weighted by Gasteiger charge is 2.08. The molecule has 3 nitrogen and oxygen atoms in total. The summed E-state index contributed by atoms with van der Waals surface area (Å²) in [4.78, 5) is 12.1. The lowest BCUT2D eigenvalue weighted by atomic mass is 10.1. The maximum atomic E-state index is 12.1. The lowest BCUT2D eigenvalue weighted by molar-refractivity contribution is 0.102. The highest BCUT2D eigenvalue weighted by atomic mass is 35.5. The fourth-order valence-corrected chi connectivity index (χ4v) is 1.84. The van der Waals surface area contributed by atoms with Crippen LogP contribution in [-0.2, 0) is 0 Å². The molecule has 0 fully saturated rings. The number of rotatable bonds is 2. The lowest BCUT2D eigenvalue weighted by Crippen LogP contribution is -2.12. The van der Waals surface area contributed by atoms with Gasteiger partial charge in [-0.25, -0.2) is 0 Å². The summed E-state index contributed by atoms with van der Waals surface area (Å²) in [5.41, 5.74) is 2.77. The molecule has 0 aliphatic heterocycles. The van der Waals surface area contributed by atoms with Crippen LogP contribution in [0.1, 0.15) is 21.5 Å². The second-order valence-corrected chi connectivity index (χ2v) is 4.83. The van der Waals surface area contributed by atoms with E-state index in [4.69, 9.17) is 11.6 Å². The van der Waals surface area contributed by atoms with Gasteiger partial charge in [-0.2, -0.15) is 0 Å². The van der Waals surface area contributed by atoms with Crippen LogP contribution in [0, 0.1) is 13.8 Å². The summed E-state index contributed by atoms with van der Waals surface area (Å²) in [6, 6.07) is 10.0. The number of nitrogens with one attached hydrogen (secondary N) is 1. The van der Waals surface area contributed by atoms with E-state index < -0.39 is 0 Å². The highest BCUT2D eigenvalue weighted by molar-refractivity contribution is 6.31. The molecule has 19 heavy (non-hydrogen) atoms. The molecule has 0 radical (unpaired) electrons. The SMILES string of the molecule is Cc1cc(NC(=O)c2ccc(Cl)c(C)c2)ccc1O.